The molecular formula is C14H14ClN3OS. The van der Waals surface area contributed by atoms with Gasteiger partial charge in [-0.2, -0.15) is 0 Å². The Morgan fingerprint density at radius 3 is 3.10 bits per heavy atom. The van der Waals surface area contributed by atoms with Crippen LogP contribution in [0.5, 0.6) is 0 Å². The standard InChI is InChI=1S/C14H14ClN3OS/c1-8-2-3-9(10(15)6-8)13(19)18-14-17-11-4-5-16-7-12(11)20-14/h2-3,6,16H,4-5,7H2,1H3,(H,17,18,19). The number of fused-ring (bicyclic) bond motifs is 1. The summed E-state index contributed by atoms with van der Waals surface area (Å²) in [6.45, 7) is 3.71. The van der Waals surface area contributed by atoms with E-state index in [-0.39, 0.29) is 5.91 Å². The van der Waals surface area contributed by atoms with E-state index in [9.17, 15) is 4.79 Å². The smallest absolute Gasteiger partial charge is 0.258 e. The van der Waals surface area contributed by atoms with E-state index in [2.05, 4.69) is 15.6 Å². The molecule has 0 spiro atoms. The second-order valence-electron chi connectivity index (χ2n) is 4.75. The highest BCUT2D eigenvalue weighted by atomic mass is 35.5. The Bertz CT molecular complexity index is 645. The quantitative estimate of drug-likeness (QED) is 0.897. The fourth-order valence-corrected chi connectivity index (χ4v) is 3.44. The number of hydrogen-bond donors (Lipinski definition) is 2. The minimum absolute atomic E-state index is 0.214. The summed E-state index contributed by atoms with van der Waals surface area (Å²) in [5.74, 6) is -0.214. The molecule has 1 amide bonds. The lowest BCUT2D eigenvalue weighted by Crippen LogP contribution is -2.22. The third kappa shape index (κ3) is 2.70. The van der Waals surface area contributed by atoms with Crippen molar-refractivity contribution in [1.82, 2.24) is 10.3 Å². The second-order valence-corrected chi connectivity index (χ2v) is 6.24. The van der Waals surface area contributed by atoms with Gasteiger partial charge in [0.2, 0.25) is 0 Å². The van der Waals surface area contributed by atoms with Gasteiger partial charge in [0, 0.05) is 24.4 Å². The molecule has 20 heavy (non-hydrogen) atoms. The number of amides is 1. The number of carbonyl (C=O) groups is 1. The minimum Gasteiger partial charge on any atom is -0.311 e. The number of benzene rings is 1. The van der Waals surface area contributed by atoms with Gasteiger partial charge in [-0.25, -0.2) is 4.98 Å². The van der Waals surface area contributed by atoms with Gasteiger partial charge in [0.15, 0.2) is 5.13 Å². The summed E-state index contributed by atoms with van der Waals surface area (Å²) in [5, 5.41) is 7.23. The van der Waals surface area contributed by atoms with Crippen molar-refractivity contribution in [3.05, 3.63) is 44.9 Å². The van der Waals surface area contributed by atoms with Crippen LogP contribution in [0.25, 0.3) is 0 Å². The van der Waals surface area contributed by atoms with Crippen LogP contribution in [0.2, 0.25) is 5.02 Å². The van der Waals surface area contributed by atoms with Crippen LogP contribution in [0.4, 0.5) is 5.13 Å². The van der Waals surface area contributed by atoms with E-state index in [4.69, 9.17) is 11.6 Å². The van der Waals surface area contributed by atoms with E-state index in [1.165, 1.54) is 16.2 Å². The van der Waals surface area contributed by atoms with E-state index >= 15 is 0 Å². The molecule has 2 N–H and O–H groups in total. The van der Waals surface area contributed by atoms with Crippen molar-refractivity contribution in [3.63, 3.8) is 0 Å². The number of aromatic nitrogens is 1. The molecule has 0 saturated heterocycles. The SMILES string of the molecule is Cc1ccc(C(=O)Nc2nc3c(s2)CNCC3)c(Cl)c1. The van der Waals surface area contributed by atoms with Crippen molar-refractivity contribution in [2.24, 2.45) is 0 Å². The lowest BCUT2D eigenvalue weighted by molar-refractivity contribution is 0.102. The van der Waals surface area contributed by atoms with Crippen molar-refractivity contribution in [2.75, 3.05) is 11.9 Å². The van der Waals surface area contributed by atoms with Crippen LogP contribution in [0, 0.1) is 6.92 Å². The van der Waals surface area contributed by atoms with Gasteiger partial charge in [-0.15, -0.1) is 11.3 Å². The maximum Gasteiger partial charge on any atom is 0.258 e. The summed E-state index contributed by atoms with van der Waals surface area (Å²) in [5.41, 5.74) is 2.59. The Balaban J connectivity index is 1.80. The molecule has 2 aromatic rings. The molecule has 1 aliphatic heterocycles. The first-order valence-corrected chi connectivity index (χ1v) is 7.60. The highest BCUT2D eigenvalue weighted by Crippen LogP contribution is 2.26. The van der Waals surface area contributed by atoms with Crippen LogP contribution in [0.15, 0.2) is 18.2 Å². The molecule has 0 radical (unpaired) electrons. The van der Waals surface area contributed by atoms with E-state index in [0.29, 0.717) is 15.7 Å². The Morgan fingerprint density at radius 2 is 2.35 bits per heavy atom. The predicted molar refractivity (Wildman–Crippen MR) is 81.7 cm³/mol. The Hall–Kier alpha value is -1.43. The van der Waals surface area contributed by atoms with Crippen LogP contribution in [0.1, 0.15) is 26.5 Å². The van der Waals surface area contributed by atoms with Gasteiger partial charge >= 0.3 is 0 Å². The molecule has 6 heteroatoms. The molecule has 0 aliphatic carbocycles. The van der Waals surface area contributed by atoms with Crippen LogP contribution in [0.3, 0.4) is 0 Å². The van der Waals surface area contributed by atoms with Gasteiger partial charge in [-0.1, -0.05) is 17.7 Å². The summed E-state index contributed by atoms with van der Waals surface area (Å²) in [4.78, 5) is 17.9. The van der Waals surface area contributed by atoms with Crippen molar-refractivity contribution in [2.45, 2.75) is 19.9 Å². The van der Waals surface area contributed by atoms with E-state index in [0.717, 1.165) is 30.8 Å². The van der Waals surface area contributed by atoms with Gasteiger partial charge < -0.3 is 5.32 Å². The fraction of sp³-hybridized carbons (Fsp3) is 0.286. The van der Waals surface area contributed by atoms with Crippen LogP contribution in [-0.2, 0) is 13.0 Å². The van der Waals surface area contributed by atoms with Gasteiger partial charge in [-0.05, 0) is 24.6 Å². The van der Waals surface area contributed by atoms with Crippen molar-refractivity contribution >= 4 is 34.0 Å². The molecule has 0 fully saturated rings. The van der Waals surface area contributed by atoms with Crippen LogP contribution < -0.4 is 10.6 Å². The summed E-state index contributed by atoms with van der Waals surface area (Å²) in [6.07, 6.45) is 0.910. The molecule has 1 aromatic heterocycles. The van der Waals surface area contributed by atoms with Crippen LogP contribution >= 0.6 is 22.9 Å². The number of nitrogens with one attached hydrogen (secondary N) is 2. The van der Waals surface area contributed by atoms with E-state index in [1.54, 1.807) is 12.1 Å². The lowest BCUT2D eigenvalue weighted by Gasteiger charge is -2.09. The average molecular weight is 308 g/mol. The average Bonchev–Trinajstić information content (AvgIpc) is 2.80. The number of halogens is 1. The first-order valence-electron chi connectivity index (χ1n) is 6.40. The summed E-state index contributed by atoms with van der Waals surface area (Å²) in [6, 6.07) is 5.40. The number of carbonyl (C=O) groups excluding carboxylic acids is 1. The predicted octanol–water partition coefficient (Wildman–Crippen LogP) is 3.00. The summed E-state index contributed by atoms with van der Waals surface area (Å²) < 4.78 is 0. The number of aryl methyl sites for hydroxylation is 1. The lowest BCUT2D eigenvalue weighted by atomic mass is 10.1. The monoisotopic (exact) mass is 307 g/mol. The number of anilines is 1. The van der Waals surface area contributed by atoms with Gasteiger partial charge in [0.25, 0.3) is 5.91 Å². The molecule has 0 saturated carbocycles. The van der Waals surface area contributed by atoms with Crippen LogP contribution in [-0.4, -0.2) is 17.4 Å². The van der Waals surface area contributed by atoms with Crippen molar-refractivity contribution in [3.8, 4) is 0 Å². The Kier molecular flexibility index (Phi) is 3.74. The topological polar surface area (TPSA) is 54.0 Å². The first kappa shape index (κ1) is 13.5. The molecular weight excluding hydrogens is 294 g/mol. The van der Waals surface area contributed by atoms with Crippen molar-refractivity contribution in [1.29, 1.82) is 0 Å². The third-order valence-corrected chi connectivity index (χ3v) is 4.52. The zero-order chi connectivity index (χ0) is 14.1. The summed E-state index contributed by atoms with van der Waals surface area (Å²) >= 11 is 7.62. The fourth-order valence-electron chi connectivity index (χ4n) is 2.15. The van der Waals surface area contributed by atoms with Crippen molar-refractivity contribution < 1.29 is 4.79 Å². The molecule has 0 bridgehead atoms. The Labute approximate surface area is 126 Å². The molecule has 1 aliphatic rings. The molecule has 2 heterocycles. The maximum absolute atomic E-state index is 12.2. The molecule has 0 atom stereocenters. The number of rotatable bonds is 2. The molecule has 3 rings (SSSR count). The number of thiazole rings is 1. The Morgan fingerprint density at radius 1 is 1.50 bits per heavy atom. The van der Waals surface area contributed by atoms with E-state index < -0.39 is 0 Å². The zero-order valence-electron chi connectivity index (χ0n) is 11.0. The molecule has 104 valence electrons. The third-order valence-electron chi connectivity index (χ3n) is 3.19. The van der Waals surface area contributed by atoms with E-state index in [1.807, 2.05) is 13.0 Å². The highest BCUT2D eigenvalue weighted by molar-refractivity contribution is 7.15. The highest BCUT2D eigenvalue weighted by Gasteiger charge is 2.17. The minimum atomic E-state index is -0.214. The molecule has 4 nitrogen and oxygen atoms in total. The van der Waals surface area contributed by atoms with Gasteiger partial charge in [0.05, 0.1) is 16.3 Å². The second kappa shape index (κ2) is 5.52. The summed E-state index contributed by atoms with van der Waals surface area (Å²) in [7, 11) is 0. The number of hydrogen-bond acceptors (Lipinski definition) is 4. The largest absolute Gasteiger partial charge is 0.311 e. The van der Waals surface area contributed by atoms with Gasteiger partial charge in [0.1, 0.15) is 0 Å². The molecule has 1 aromatic carbocycles. The maximum atomic E-state index is 12.2. The normalized spacial score (nSPS) is 13.9. The number of nitrogens with zero attached hydrogens (tertiary/aromatic N) is 1. The zero-order valence-corrected chi connectivity index (χ0v) is 12.6. The first-order chi connectivity index (χ1) is 9.63. The molecule has 0 unspecified atom stereocenters. The van der Waals surface area contributed by atoms with Gasteiger partial charge in [-0.3, -0.25) is 10.1 Å².